The summed E-state index contributed by atoms with van der Waals surface area (Å²) in [4.78, 5) is 23.2. The van der Waals surface area contributed by atoms with Crippen molar-refractivity contribution < 1.29 is 14.3 Å². The van der Waals surface area contributed by atoms with Crippen molar-refractivity contribution in [2.45, 2.75) is 57.6 Å². The molecular formula is C26H39N5O3S. The smallest absolute Gasteiger partial charge is 0.249 e. The third-order valence-electron chi connectivity index (χ3n) is 6.73. The first-order chi connectivity index (χ1) is 16.9. The van der Waals surface area contributed by atoms with E-state index in [-0.39, 0.29) is 12.5 Å². The summed E-state index contributed by atoms with van der Waals surface area (Å²) in [6, 6.07) is 4.11. The van der Waals surface area contributed by atoms with Gasteiger partial charge in [-0.1, -0.05) is 6.42 Å². The van der Waals surface area contributed by atoms with E-state index in [1.807, 2.05) is 11.9 Å². The highest BCUT2D eigenvalue weighted by molar-refractivity contribution is 7.97. The number of hydrogen-bond acceptors (Lipinski definition) is 7. The maximum Gasteiger partial charge on any atom is 0.249 e. The number of imidazole rings is 1. The predicted octanol–water partition coefficient (Wildman–Crippen LogP) is 3.49. The van der Waals surface area contributed by atoms with Gasteiger partial charge in [0.05, 0.1) is 26.0 Å². The summed E-state index contributed by atoms with van der Waals surface area (Å²) in [6.07, 6.45) is 6.07. The van der Waals surface area contributed by atoms with Crippen molar-refractivity contribution in [1.29, 1.82) is 0 Å². The van der Waals surface area contributed by atoms with Crippen LogP contribution >= 0.6 is 11.9 Å². The van der Waals surface area contributed by atoms with Gasteiger partial charge in [0.2, 0.25) is 5.91 Å². The van der Waals surface area contributed by atoms with Crippen LogP contribution in [0, 0.1) is 13.8 Å². The molecule has 2 aliphatic rings. The molecule has 9 heteroatoms. The van der Waals surface area contributed by atoms with E-state index in [9.17, 15) is 4.79 Å². The lowest BCUT2D eigenvalue weighted by Gasteiger charge is -2.27. The van der Waals surface area contributed by atoms with Crippen LogP contribution in [0.15, 0.2) is 23.2 Å². The van der Waals surface area contributed by atoms with E-state index in [0.29, 0.717) is 19.7 Å². The number of nitrogens with zero attached hydrogens (tertiary/aromatic N) is 5. The number of methoxy groups -OCH3 is 1. The molecule has 0 N–H and O–H groups in total. The van der Waals surface area contributed by atoms with E-state index in [4.69, 9.17) is 14.5 Å². The van der Waals surface area contributed by atoms with Crippen LogP contribution in [0.1, 0.15) is 41.9 Å². The number of likely N-dealkylation sites (N-methyl/N-ethyl adjacent to an activating group) is 1. The van der Waals surface area contributed by atoms with Crippen molar-refractivity contribution in [3.8, 4) is 5.75 Å². The molecule has 0 spiro atoms. The van der Waals surface area contributed by atoms with Gasteiger partial charge in [-0.05, 0) is 82.0 Å². The summed E-state index contributed by atoms with van der Waals surface area (Å²) in [5.41, 5.74) is 3.50. The van der Waals surface area contributed by atoms with Gasteiger partial charge in [-0.3, -0.25) is 9.69 Å². The van der Waals surface area contributed by atoms with Crippen LogP contribution in [0.2, 0.25) is 0 Å². The van der Waals surface area contributed by atoms with Gasteiger partial charge in [0, 0.05) is 37.3 Å². The van der Waals surface area contributed by atoms with Crippen LogP contribution in [0.25, 0.3) is 0 Å². The SMILES string of the molecule is COc1cc(C)c(SN(C)CCOCC(=O)N2CCn3cc(CN4CCCCC4)nc3C2)c(C)c1. The van der Waals surface area contributed by atoms with E-state index in [1.54, 1.807) is 19.1 Å². The van der Waals surface area contributed by atoms with Crippen molar-refractivity contribution in [3.05, 3.63) is 41.0 Å². The van der Waals surface area contributed by atoms with Gasteiger partial charge in [0.15, 0.2) is 0 Å². The lowest BCUT2D eigenvalue weighted by molar-refractivity contribution is -0.137. The third-order valence-corrected chi connectivity index (χ3v) is 8.05. The van der Waals surface area contributed by atoms with Crippen molar-refractivity contribution in [2.75, 3.05) is 53.6 Å². The number of carbonyl (C=O) groups excluding carboxylic acids is 1. The van der Waals surface area contributed by atoms with E-state index in [0.717, 1.165) is 50.0 Å². The molecule has 192 valence electrons. The molecule has 0 radical (unpaired) electrons. The second-order valence-corrected chi connectivity index (χ2v) is 10.8. The summed E-state index contributed by atoms with van der Waals surface area (Å²) in [5, 5.41) is 0. The predicted molar refractivity (Wildman–Crippen MR) is 139 cm³/mol. The molecule has 8 nitrogen and oxygen atoms in total. The number of ether oxygens (including phenoxy) is 2. The van der Waals surface area contributed by atoms with Gasteiger partial charge in [-0.15, -0.1) is 0 Å². The average Bonchev–Trinajstić information content (AvgIpc) is 3.25. The van der Waals surface area contributed by atoms with Crippen LogP contribution in [0.4, 0.5) is 0 Å². The van der Waals surface area contributed by atoms with E-state index < -0.39 is 0 Å². The first kappa shape index (κ1) is 26.0. The topological polar surface area (TPSA) is 63.1 Å². The normalized spacial score (nSPS) is 16.5. The zero-order valence-corrected chi connectivity index (χ0v) is 22.4. The largest absolute Gasteiger partial charge is 0.497 e. The molecule has 0 saturated carbocycles. The molecule has 1 aromatic carbocycles. The highest BCUT2D eigenvalue weighted by atomic mass is 32.2. The number of carbonyl (C=O) groups is 1. The minimum atomic E-state index is 0.0361. The van der Waals surface area contributed by atoms with Gasteiger partial charge >= 0.3 is 0 Å². The number of aryl methyl sites for hydroxylation is 2. The van der Waals surface area contributed by atoms with Crippen LogP contribution in [0.3, 0.4) is 0 Å². The van der Waals surface area contributed by atoms with E-state index in [2.05, 4.69) is 45.9 Å². The molecule has 1 aromatic heterocycles. The zero-order chi connectivity index (χ0) is 24.8. The van der Waals surface area contributed by atoms with E-state index in [1.165, 1.54) is 35.3 Å². The fourth-order valence-electron chi connectivity index (χ4n) is 4.76. The van der Waals surface area contributed by atoms with Gasteiger partial charge in [0.1, 0.15) is 18.2 Å². The van der Waals surface area contributed by atoms with Crippen molar-refractivity contribution >= 4 is 17.9 Å². The average molecular weight is 502 g/mol. The molecule has 3 heterocycles. The summed E-state index contributed by atoms with van der Waals surface area (Å²) in [7, 11) is 3.74. The zero-order valence-electron chi connectivity index (χ0n) is 21.6. The molecule has 0 atom stereocenters. The highest BCUT2D eigenvalue weighted by Crippen LogP contribution is 2.31. The Bertz CT molecular complexity index is 982. The van der Waals surface area contributed by atoms with Crippen LogP contribution in [-0.4, -0.2) is 83.1 Å². The first-order valence-electron chi connectivity index (χ1n) is 12.6. The Morgan fingerprint density at radius 3 is 2.57 bits per heavy atom. The standard InChI is InChI=1S/C26H39N5O3S/c1-20-14-23(33-4)15-21(2)26(20)35-28(3)12-13-34-19-25(32)31-11-10-30-17-22(27-24(30)18-31)16-29-8-6-5-7-9-29/h14-15,17H,5-13,16,18-19H2,1-4H3. The number of amides is 1. The van der Waals surface area contributed by atoms with E-state index >= 15 is 0 Å². The molecule has 1 fully saturated rings. The van der Waals surface area contributed by atoms with Crippen molar-refractivity contribution in [3.63, 3.8) is 0 Å². The molecule has 2 aromatic rings. The Balaban J connectivity index is 1.18. The lowest BCUT2D eigenvalue weighted by atomic mass is 10.1. The summed E-state index contributed by atoms with van der Waals surface area (Å²) in [6.45, 7) is 10.9. The monoisotopic (exact) mass is 501 g/mol. The van der Waals surface area contributed by atoms with Gasteiger partial charge in [-0.2, -0.15) is 0 Å². The van der Waals surface area contributed by atoms with Crippen molar-refractivity contribution in [2.24, 2.45) is 0 Å². The molecule has 2 aliphatic heterocycles. The lowest BCUT2D eigenvalue weighted by Crippen LogP contribution is -2.40. The Morgan fingerprint density at radius 1 is 1.11 bits per heavy atom. The maximum atomic E-state index is 12.7. The fourth-order valence-corrected chi connectivity index (χ4v) is 5.65. The Labute approximate surface area is 213 Å². The Morgan fingerprint density at radius 2 is 1.86 bits per heavy atom. The van der Waals surface area contributed by atoms with Gasteiger partial charge in [-0.25, -0.2) is 9.29 Å². The minimum absolute atomic E-state index is 0.0361. The Kier molecular flexibility index (Phi) is 9.10. The van der Waals surface area contributed by atoms with Crippen LogP contribution < -0.4 is 4.74 Å². The summed E-state index contributed by atoms with van der Waals surface area (Å²) in [5.74, 6) is 1.90. The fraction of sp³-hybridized carbons (Fsp3) is 0.615. The number of piperidine rings is 1. The molecule has 0 unspecified atom stereocenters. The molecule has 0 bridgehead atoms. The summed E-state index contributed by atoms with van der Waals surface area (Å²) >= 11 is 1.70. The molecule has 1 saturated heterocycles. The maximum absolute atomic E-state index is 12.7. The number of aromatic nitrogens is 2. The second-order valence-electron chi connectivity index (χ2n) is 9.58. The second kappa shape index (κ2) is 12.3. The van der Waals surface area contributed by atoms with Crippen molar-refractivity contribution in [1.82, 2.24) is 23.7 Å². The van der Waals surface area contributed by atoms with Gasteiger partial charge in [0.25, 0.3) is 0 Å². The Hall–Kier alpha value is -2.07. The number of likely N-dealkylation sites (tertiary alicyclic amines) is 1. The van der Waals surface area contributed by atoms with Crippen LogP contribution in [-0.2, 0) is 29.2 Å². The molecular weight excluding hydrogens is 462 g/mol. The quantitative estimate of drug-likeness (QED) is 0.365. The van der Waals surface area contributed by atoms with Crippen LogP contribution in [0.5, 0.6) is 5.75 Å². The number of fused-ring (bicyclic) bond motifs is 1. The number of rotatable bonds is 10. The summed E-state index contributed by atoms with van der Waals surface area (Å²) < 4.78 is 15.5. The first-order valence-corrected chi connectivity index (χ1v) is 13.4. The highest BCUT2D eigenvalue weighted by Gasteiger charge is 2.23. The number of hydrogen-bond donors (Lipinski definition) is 0. The third kappa shape index (κ3) is 7.00. The minimum Gasteiger partial charge on any atom is -0.497 e. The molecule has 1 amide bonds. The van der Waals surface area contributed by atoms with Gasteiger partial charge < -0.3 is 18.9 Å². The molecule has 4 rings (SSSR count). The number of benzene rings is 1. The molecule has 35 heavy (non-hydrogen) atoms. The molecule has 0 aliphatic carbocycles.